The van der Waals surface area contributed by atoms with Gasteiger partial charge in [0.1, 0.15) is 10.5 Å². The smallest absolute Gasteiger partial charge is 0.136 e. The van der Waals surface area contributed by atoms with Crippen molar-refractivity contribution in [3.05, 3.63) is 24.0 Å². The van der Waals surface area contributed by atoms with Gasteiger partial charge in [0.2, 0.25) is 0 Å². The summed E-state index contributed by atoms with van der Waals surface area (Å²) in [7, 11) is 1.64. The van der Waals surface area contributed by atoms with Crippen LogP contribution < -0.4 is 9.46 Å². The minimum Gasteiger partial charge on any atom is -0.598 e. The Labute approximate surface area is 118 Å². The summed E-state index contributed by atoms with van der Waals surface area (Å²) in [6, 6.07) is 3.81. The molecule has 1 heterocycles. The van der Waals surface area contributed by atoms with Crippen molar-refractivity contribution in [2.45, 2.75) is 44.4 Å². The van der Waals surface area contributed by atoms with E-state index in [2.05, 4.69) is 9.71 Å². The molecule has 2 atom stereocenters. The van der Waals surface area contributed by atoms with E-state index in [-0.39, 0.29) is 10.8 Å². The second-order valence-corrected chi connectivity index (χ2v) is 7.93. The topological polar surface area (TPSA) is 57.2 Å². The number of nitrogens with zero attached hydrogens (tertiary/aromatic N) is 1. The standard InChI is InChI=1S/C14H22N2O2S/c1-14(2,3)19(17)16-13(10-5-6-10)12-9-11(18-4)7-8-15-12/h7-10,13,16H,5-6H2,1-4H3/t13-,19?/m0/s1. The van der Waals surface area contributed by atoms with E-state index in [1.165, 1.54) is 0 Å². The fraction of sp³-hybridized carbons (Fsp3) is 0.643. The number of methoxy groups -OCH3 is 1. The minimum atomic E-state index is -1.09. The second-order valence-electron chi connectivity index (χ2n) is 5.93. The Morgan fingerprint density at radius 1 is 1.47 bits per heavy atom. The molecule has 0 aliphatic heterocycles. The highest BCUT2D eigenvalue weighted by Crippen LogP contribution is 2.41. The SMILES string of the molecule is COc1ccnc([C@@H](N[S+]([O-])C(C)(C)C)C2CC2)c1. The number of aromatic nitrogens is 1. The molecule has 0 amide bonds. The third kappa shape index (κ3) is 3.84. The van der Waals surface area contributed by atoms with E-state index < -0.39 is 11.4 Å². The first-order valence-corrected chi connectivity index (χ1v) is 7.75. The Morgan fingerprint density at radius 2 is 2.16 bits per heavy atom. The molecule has 0 saturated heterocycles. The van der Waals surface area contributed by atoms with Crippen LogP contribution in [-0.2, 0) is 11.4 Å². The van der Waals surface area contributed by atoms with Crippen LogP contribution in [0.4, 0.5) is 0 Å². The van der Waals surface area contributed by atoms with E-state index in [0.29, 0.717) is 5.92 Å². The molecule has 1 fully saturated rings. The fourth-order valence-electron chi connectivity index (χ4n) is 1.84. The van der Waals surface area contributed by atoms with Crippen LogP contribution >= 0.6 is 0 Å². The van der Waals surface area contributed by atoms with Gasteiger partial charge < -0.3 is 9.29 Å². The molecule has 1 aliphatic carbocycles. The highest BCUT2D eigenvalue weighted by molar-refractivity contribution is 7.90. The molecule has 19 heavy (non-hydrogen) atoms. The summed E-state index contributed by atoms with van der Waals surface area (Å²) < 4.78 is 20.5. The number of pyridine rings is 1. The van der Waals surface area contributed by atoms with Gasteiger partial charge in [-0.3, -0.25) is 4.98 Å². The Kier molecular flexibility index (Phi) is 4.38. The van der Waals surface area contributed by atoms with Gasteiger partial charge in [0.05, 0.1) is 18.8 Å². The number of hydrogen-bond acceptors (Lipinski definition) is 4. The maximum Gasteiger partial charge on any atom is 0.136 e. The second kappa shape index (κ2) is 5.69. The number of nitrogens with one attached hydrogen (secondary N) is 1. The van der Waals surface area contributed by atoms with E-state index in [0.717, 1.165) is 24.3 Å². The van der Waals surface area contributed by atoms with E-state index in [4.69, 9.17) is 4.74 Å². The number of hydrogen-bond donors (Lipinski definition) is 1. The van der Waals surface area contributed by atoms with Gasteiger partial charge in [0, 0.05) is 23.6 Å². The minimum absolute atomic E-state index is 0.0511. The van der Waals surface area contributed by atoms with Crippen molar-refractivity contribution < 1.29 is 9.29 Å². The van der Waals surface area contributed by atoms with Gasteiger partial charge in [-0.2, -0.15) is 0 Å². The van der Waals surface area contributed by atoms with Gasteiger partial charge in [-0.25, -0.2) is 0 Å². The van der Waals surface area contributed by atoms with E-state index in [1.807, 2.05) is 32.9 Å². The molecule has 0 spiro atoms. The molecule has 106 valence electrons. The number of rotatable bonds is 5. The highest BCUT2D eigenvalue weighted by atomic mass is 32.2. The lowest BCUT2D eigenvalue weighted by atomic mass is 10.1. The maximum atomic E-state index is 12.3. The van der Waals surface area contributed by atoms with Gasteiger partial charge in [-0.05, 0) is 45.6 Å². The maximum absolute atomic E-state index is 12.3. The molecule has 1 aromatic rings. The summed E-state index contributed by atoms with van der Waals surface area (Å²) in [6.07, 6.45) is 4.07. The molecule has 1 unspecified atom stereocenters. The predicted molar refractivity (Wildman–Crippen MR) is 77.3 cm³/mol. The van der Waals surface area contributed by atoms with Crippen LogP contribution in [0.1, 0.15) is 45.3 Å². The molecular formula is C14H22N2O2S. The van der Waals surface area contributed by atoms with Crippen molar-refractivity contribution in [2.75, 3.05) is 7.11 Å². The molecule has 5 heteroatoms. The van der Waals surface area contributed by atoms with Gasteiger partial charge in [-0.15, -0.1) is 4.72 Å². The van der Waals surface area contributed by atoms with Crippen LogP contribution in [0.5, 0.6) is 5.75 Å². The van der Waals surface area contributed by atoms with Crippen molar-refractivity contribution in [3.63, 3.8) is 0 Å². The Morgan fingerprint density at radius 3 is 2.68 bits per heavy atom. The van der Waals surface area contributed by atoms with Crippen LogP contribution in [0, 0.1) is 5.92 Å². The summed E-state index contributed by atoms with van der Waals surface area (Å²) >= 11 is -1.09. The molecule has 4 nitrogen and oxygen atoms in total. The van der Waals surface area contributed by atoms with Gasteiger partial charge in [0.15, 0.2) is 0 Å². The van der Waals surface area contributed by atoms with Crippen molar-refractivity contribution in [1.82, 2.24) is 9.71 Å². The zero-order valence-electron chi connectivity index (χ0n) is 12.0. The van der Waals surface area contributed by atoms with Crippen molar-refractivity contribution >= 4 is 11.4 Å². The molecule has 0 bridgehead atoms. The third-order valence-electron chi connectivity index (χ3n) is 3.19. The monoisotopic (exact) mass is 282 g/mol. The van der Waals surface area contributed by atoms with Gasteiger partial charge in [-0.1, -0.05) is 0 Å². The lowest BCUT2D eigenvalue weighted by molar-refractivity contribution is 0.411. The lowest BCUT2D eigenvalue weighted by Gasteiger charge is -2.27. The largest absolute Gasteiger partial charge is 0.598 e. The Bertz CT molecular complexity index is 430. The van der Waals surface area contributed by atoms with E-state index in [9.17, 15) is 4.55 Å². The van der Waals surface area contributed by atoms with Crippen LogP contribution in [0.25, 0.3) is 0 Å². The van der Waals surface area contributed by atoms with Crippen molar-refractivity contribution in [1.29, 1.82) is 0 Å². The molecule has 2 rings (SSSR count). The predicted octanol–water partition coefficient (Wildman–Crippen LogP) is 2.59. The first kappa shape index (κ1) is 14.6. The summed E-state index contributed by atoms with van der Waals surface area (Å²) in [6.45, 7) is 5.91. The van der Waals surface area contributed by atoms with Crippen LogP contribution in [0.3, 0.4) is 0 Å². The Balaban J connectivity index is 2.15. The van der Waals surface area contributed by atoms with Crippen molar-refractivity contribution in [2.24, 2.45) is 5.92 Å². The summed E-state index contributed by atoms with van der Waals surface area (Å²) in [4.78, 5) is 4.41. The van der Waals surface area contributed by atoms with E-state index in [1.54, 1.807) is 13.3 Å². The average molecular weight is 282 g/mol. The lowest BCUT2D eigenvalue weighted by Crippen LogP contribution is -2.42. The quantitative estimate of drug-likeness (QED) is 0.843. The molecular weight excluding hydrogens is 260 g/mol. The molecule has 1 N–H and O–H groups in total. The number of ether oxygens (including phenoxy) is 1. The normalized spacial score (nSPS) is 19.0. The van der Waals surface area contributed by atoms with Crippen LogP contribution in [-0.4, -0.2) is 21.4 Å². The van der Waals surface area contributed by atoms with E-state index >= 15 is 0 Å². The fourth-order valence-corrected chi connectivity index (χ4v) is 2.74. The highest BCUT2D eigenvalue weighted by Gasteiger charge is 2.39. The summed E-state index contributed by atoms with van der Waals surface area (Å²) in [5, 5.41) is 0. The first-order chi connectivity index (χ1) is 8.91. The molecule has 1 aliphatic rings. The van der Waals surface area contributed by atoms with Crippen LogP contribution in [0.2, 0.25) is 0 Å². The molecule has 1 aromatic heterocycles. The molecule has 0 radical (unpaired) electrons. The molecule has 0 aromatic carbocycles. The van der Waals surface area contributed by atoms with Gasteiger partial charge >= 0.3 is 0 Å². The first-order valence-electron chi connectivity index (χ1n) is 6.60. The zero-order valence-corrected chi connectivity index (χ0v) is 12.8. The summed E-state index contributed by atoms with van der Waals surface area (Å²) in [5.41, 5.74) is 0.916. The molecule has 1 saturated carbocycles. The summed E-state index contributed by atoms with van der Waals surface area (Å²) in [5.74, 6) is 1.32. The van der Waals surface area contributed by atoms with Crippen LogP contribution in [0.15, 0.2) is 18.3 Å². The third-order valence-corrected chi connectivity index (χ3v) is 4.77. The average Bonchev–Trinajstić information content (AvgIpc) is 3.18. The van der Waals surface area contributed by atoms with Gasteiger partial charge in [0.25, 0.3) is 0 Å². The van der Waals surface area contributed by atoms with Crippen molar-refractivity contribution in [3.8, 4) is 5.75 Å². The Hall–Kier alpha value is -0.780. The zero-order chi connectivity index (χ0) is 14.0.